The fourth-order valence-electron chi connectivity index (χ4n) is 7.88. The summed E-state index contributed by atoms with van der Waals surface area (Å²) in [5.74, 6) is 0.609. The Balaban J connectivity index is 1.27. The van der Waals surface area contributed by atoms with Crippen LogP contribution in [0.4, 0.5) is 34.1 Å². The summed E-state index contributed by atoms with van der Waals surface area (Å²) < 4.78 is 0. The molecule has 0 fully saturated rings. The molecule has 0 saturated heterocycles. The largest absolute Gasteiger partial charge is 0.310 e. The van der Waals surface area contributed by atoms with E-state index in [2.05, 4.69) is 168 Å². The molecule has 9 aromatic rings. The third-order valence-corrected chi connectivity index (χ3v) is 10.4. The first-order valence-corrected chi connectivity index (χ1v) is 18.6. The van der Waals surface area contributed by atoms with Gasteiger partial charge in [-0.05, 0) is 95.2 Å². The van der Waals surface area contributed by atoms with Gasteiger partial charge in [0, 0.05) is 56.4 Å². The van der Waals surface area contributed by atoms with E-state index >= 15 is 0 Å². The maximum Gasteiger partial charge on any atom is 0.160 e. The number of aromatic nitrogens is 2. The molecule has 262 valence electrons. The molecule has 0 unspecified atom stereocenters. The molecular formula is C51H33N5. The second-order valence-electron chi connectivity index (χ2n) is 13.8. The summed E-state index contributed by atoms with van der Waals surface area (Å²) >= 11 is 0. The molecule has 0 radical (unpaired) electrons. The number of benzene rings is 8. The molecule has 0 N–H and O–H groups in total. The Hall–Kier alpha value is -7.81. The molecule has 0 aliphatic heterocycles. The van der Waals surface area contributed by atoms with E-state index in [4.69, 9.17) is 9.97 Å². The second-order valence-corrected chi connectivity index (χ2v) is 13.8. The molecule has 0 spiro atoms. The number of nitriles is 1. The second kappa shape index (κ2) is 13.9. The first kappa shape index (κ1) is 32.8. The Kier molecular flexibility index (Phi) is 8.13. The predicted octanol–water partition coefficient (Wildman–Crippen LogP) is 13.4. The van der Waals surface area contributed by atoms with E-state index in [1.807, 2.05) is 48.5 Å². The zero-order valence-electron chi connectivity index (χ0n) is 30.3. The van der Waals surface area contributed by atoms with Crippen molar-refractivity contribution in [1.82, 2.24) is 9.97 Å². The molecule has 5 nitrogen and oxygen atoms in total. The third-order valence-electron chi connectivity index (χ3n) is 10.4. The van der Waals surface area contributed by atoms with Gasteiger partial charge in [-0.25, -0.2) is 9.97 Å². The van der Waals surface area contributed by atoms with Gasteiger partial charge in [0.1, 0.15) is 0 Å². The molecule has 1 aliphatic rings. The Morgan fingerprint density at radius 3 is 1.34 bits per heavy atom. The maximum absolute atomic E-state index is 9.65. The number of hydrogen-bond acceptors (Lipinski definition) is 5. The van der Waals surface area contributed by atoms with Crippen LogP contribution in [0.5, 0.6) is 0 Å². The summed E-state index contributed by atoms with van der Waals surface area (Å²) in [6.45, 7) is 0. The molecule has 5 heteroatoms. The van der Waals surface area contributed by atoms with E-state index in [-0.39, 0.29) is 0 Å². The molecule has 1 aliphatic carbocycles. The van der Waals surface area contributed by atoms with Crippen molar-refractivity contribution in [3.05, 3.63) is 206 Å². The fraction of sp³-hybridized carbons (Fsp3) is 0. The fourth-order valence-corrected chi connectivity index (χ4v) is 7.88. The van der Waals surface area contributed by atoms with Crippen molar-refractivity contribution < 1.29 is 0 Å². The van der Waals surface area contributed by atoms with Crippen molar-refractivity contribution in [3.8, 4) is 51.1 Å². The topological polar surface area (TPSA) is 56.1 Å². The highest BCUT2D eigenvalue weighted by molar-refractivity contribution is 6.17. The van der Waals surface area contributed by atoms with Crippen LogP contribution < -0.4 is 9.80 Å². The van der Waals surface area contributed by atoms with Crippen LogP contribution in [-0.4, -0.2) is 9.97 Å². The Bertz CT molecular complexity index is 2720. The lowest BCUT2D eigenvalue weighted by atomic mass is 9.98. The van der Waals surface area contributed by atoms with E-state index < -0.39 is 0 Å². The average Bonchev–Trinajstić information content (AvgIpc) is 3.60. The first-order valence-electron chi connectivity index (χ1n) is 18.6. The quantitative estimate of drug-likeness (QED) is 0.157. The highest BCUT2D eigenvalue weighted by Crippen LogP contribution is 2.51. The smallest absolute Gasteiger partial charge is 0.160 e. The zero-order chi connectivity index (χ0) is 37.4. The van der Waals surface area contributed by atoms with Crippen molar-refractivity contribution in [2.75, 3.05) is 9.80 Å². The van der Waals surface area contributed by atoms with Gasteiger partial charge < -0.3 is 9.80 Å². The predicted molar refractivity (Wildman–Crippen MR) is 229 cm³/mol. The molecule has 0 bridgehead atoms. The van der Waals surface area contributed by atoms with Crippen LogP contribution in [0, 0.1) is 11.3 Å². The highest BCUT2D eigenvalue weighted by atomic mass is 15.2. The minimum absolute atomic E-state index is 0.603. The molecule has 0 atom stereocenters. The van der Waals surface area contributed by atoms with Crippen LogP contribution in [-0.2, 0) is 0 Å². The van der Waals surface area contributed by atoms with Crippen molar-refractivity contribution in [3.63, 3.8) is 0 Å². The number of nitrogens with zero attached hydrogens (tertiary/aromatic N) is 5. The number of fused-ring (bicyclic) bond motifs is 3. The first-order chi connectivity index (χ1) is 27.7. The summed E-state index contributed by atoms with van der Waals surface area (Å²) in [5.41, 5.74) is 13.4. The summed E-state index contributed by atoms with van der Waals surface area (Å²) in [5, 5.41) is 12.0. The van der Waals surface area contributed by atoms with E-state index in [9.17, 15) is 5.26 Å². The summed E-state index contributed by atoms with van der Waals surface area (Å²) in [6, 6.07) is 71.3. The van der Waals surface area contributed by atoms with Crippen molar-refractivity contribution in [2.45, 2.75) is 0 Å². The van der Waals surface area contributed by atoms with E-state index in [0.717, 1.165) is 78.7 Å². The average molecular weight is 716 g/mol. The Labute approximate surface area is 325 Å². The van der Waals surface area contributed by atoms with Gasteiger partial charge in [-0.2, -0.15) is 5.26 Å². The zero-order valence-corrected chi connectivity index (χ0v) is 30.3. The summed E-state index contributed by atoms with van der Waals surface area (Å²) in [7, 11) is 0. The van der Waals surface area contributed by atoms with E-state index in [0.29, 0.717) is 11.4 Å². The van der Waals surface area contributed by atoms with Crippen LogP contribution in [0.3, 0.4) is 0 Å². The molecular weight excluding hydrogens is 683 g/mol. The van der Waals surface area contributed by atoms with Crippen LogP contribution >= 0.6 is 0 Å². The highest BCUT2D eigenvalue weighted by Gasteiger charge is 2.29. The monoisotopic (exact) mass is 715 g/mol. The lowest BCUT2D eigenvalue weighted by molar-refractivity contribution is 1.18. The number of anilines is 6. The van der Waals surface area contributed by atoms with Crippen molar-refractivity contribution in [2.24, 2.45) is 0 Å². The van der Waals surface area contributed by atoms with Gasteiger partial charge in [-0.3, -0.25) is 0 Å². The molecule has 0 amide bonds. The normalized spacial score (nSPS) is 11.2. The lowest BCUT2D eigenvalue weighted by Gasteiger charge is -2.30. The number of rotatable bonds is 8. The SMILES string of the molecule is N#Cc1ccc(-c2nc(-c3cc(N(c4ccccc4)c4ccccc4)cc(N(c4ccccc4)c4ccccc4)c3)nc3c2-c2cccc4cccc-3c24)cc1. The Morgan fingerprint density at radius 1 is 0.393 bits per heavy atom. The molecule has 1 heterocycles. The lowest BCUT2D eigenvalue weighted by Crippen LogP contribution is -2.13. The van der Waals surface area contributed by atoms with Crippen LogP contribution in [0.15, 0.2) is 200 Å². The summed E-state index contributed by atoms with van der Waals surface area (Å²) in [6.07, 6.45) is 0. The molecule has 56 heavy (non-hydrogen) atoms. The minimum Gasteiger partial charge on any atom is -0.310 e. The standard InChI is InChI=1S/C51H33N5/c52-34-35-27-29-37(30-28-35)49-48-45-25-13-15-36-16-14-26-46(47(36)45)50(48)54-51(53-49)38-31-43(55(39-17-5-1-6-18-39)40-19-7-2-8-20-40)33-44(32-38)56(41-21-9-3-10-22-41)42-23-11-4-12-24-42/h1-33H. The van der Waals surface area contributed by atoms with Gasteiger partial charge in [-0.1, -0.05) is 121 Å². The van der Waals surface area contributed by atoms with Gasteiger partial charge in [0.2, 0.25) is 0 Å². The minimum atomic E-state index is 0.603. The third kappa shape index (κ3) is 5.74. The summed E-state index contributed by atoms with van der Waals surface area (Å²) in [4.78, 5) is 15.5. The van der Waals surface area contributed by atoms with Crippen molar-refractivity contribution >= 4 is 44.9 Å². The van der Waals surface area contributed by atoms with Gasteiger partial charge >= 0.3 is 0 Å². The van der Waals surface area contributed by atoms with E-state index in [1.165, 1.54) is 5.39 Å². The maximum atomic E-state index is 9.65. The number of hydrogen-bond donors (Lipinski definition) is 0. The van der Waals surface area contributed by atoms with Crippen LogP contribution in [0.2, 0.25) is 0 Å². The molecule has 10 rings (SSSR count). The van der Waals surface area contributed by atoms with Crippen molar-refractivity contribution in [1.29, 1.82) is 5.26 Å². The van der Waals surface area contributed by atoms with Crippen LogP contribution in [0.1, 0.15) is 5.56 Å². The van der Waals surface area contributed by atoms with Crippen LogP contribution in [0.25, 0.3) is 55.8 Å². The van der Waals surface area contributed by atoms with Gasteiger partial charge in [0.05, 0.1) is 23.0 Å². The van der Waals surface area contributed by atoms with Gasteiger partial charge in [0.15, 0.2) is 5.82 Å². The van der Waals surface area contributed by atoms with Gasteiger partial charge in [0.25, 0.3) is 0 Å². The molecule has 8 aromatic carbocycles. The molecule has 0 saturated carbocycles. The number of para-hydroxylation sites is 4. The van der Waals surface area contributed by atoms with Gasteiger partial charge in [-0.15, -0.1) is 0 Å². The van der Waals surface area contributed by atoms with E-state index in [1.54, 1.807) is 0 Å². The molecule has 1 aromatic heterocycles. The Morgan fingerprint density at radius 2 is 0.857 bits per heavy atom.